The van der Waals surface area contributed by atoms with Gasteiger partial charge in [-0.05, 0) is 48.0 Å². The van der Waals surface area contributed by atoms with E-state index in [-0.39, 0.29) is 10.8 Å². The number of methoxy groups -OCH3 is 2. The minimum atomic E-state index is -3.80. The van der Waals surface area contributed by atoms with E-state index >= 15 is 0 Å². The van der Waals surface area contributed by atoms with Gasteiger partial charge in [-0.25, -0.2) is 8.42 Å². The highest BCUT2D eigenvalue weighted by atomic mass is 35.5. The number of hydrogen-bond acceptors (Lipinski definition) is 5. The molecule has 0 saturated heterocycles. The Bertz CT molecular complexity index is 1240. The molecule has 0 unspecified atom stereocenters. The molecule has 3 rings (SSSR count). The van der Waals surface area contributed by atoms with Crippen molar-refractivity contribution in [3.05, 3.63) is 83.4 Å². The van der Waals surface area contributed by atoms with Gasteiger partial charge in [0.25, 0.3) is 10.0 Å². The first-order valence-corrected chi connectivity index (χ1v) is 11.3. The van der Waals surface area contributed by atoms with Crippen LogP contribution in [0, 0.1) is 0 Å². The van der Waals surface area contributed by atoms with Crippen molar-refractivity contribution in [2.75, 3.05) is 24.3 Å². The van der Waals surface area contributed by atoms with Crippen molar-refractivity contribution < 1.29 is 22.7 Å². The highest BCUT2D eigenvalue weighted by Gasteiger charge is 2.15. The number of ether oxygens (including phenoxy) is 2. The number of sulfonamides is 1. The Hall–Kier alpha value is -3.49. The van der Waals surface area contributed by atoms with E-state index < -0.39 is 10.0 Å². The zero-order valence-electron chi connectivity index (χ0n) is 17.3. The number of benzene rings is 3. The van der Waals surface area contributed by atoms with Crippen LogP contribution in [0.4, 0.5) is 11.4 Å². The monoisotopic (exact) mass is 472 g/mol. The number of carbonyl (C=O) groups excluding carboxylic acids is 1. The molecule has 166 valence electrons. The van der Waals surface area contributed by atoms with Crippen molar-refractivity contribution in [1.82, 2.24) is 0 Å². The fourth-order valence-electron chi connectivity index (χ4n) is 2.76. The second kappa shape index (κ2) is 10.2. The molecule has 0 radical (unpaired) electrons. The lowest BCUT2D eigenvalue weighted by molar-refractivity contribution is -0.111. The van der Waals surface area contributed by atoms with Crippen LogP contribution in [0.5, 0.6) is 11.5 Å². The Kier molecular flexibility index (Phi) is 7.40. The van der Waals surface area contributed by atoms with Crippen LogP contribution in [0.25, 0.3) is 6.08 Å². The highest BCUT2D eigenvalue weighted by Crippen LogP contribution is 2.29. The van der Waals surface area contributed by atoms with Crippen molar-refractivity contribution in [3.63, 3.8) is 0 Å². The first kappa shape index (κ1) is 23.2. The number of para-hydroxylation sites is 1. The van der Waals surface area contributed by atoms with Gasteiger partial charge in [0.05, 0.1) is 35.5 Å². The van der Waals surface area contributed by atoms with Crippen LogP contribution in [0.1, 0.15) is 5.56 Å². The molecule has 0 aliphatic heterocycles. The predicted molar refractivity (Wildman–Crippen MR) is 126 cm³/mol. The second-order valence-electron chi connectivity index (χ2n) is 6.54. The van der Waals surface area contributed by atoms with Gasteiger partial charge in [-0.15, -0.1) is 0 Å². The number of nitrogens with one attached hydrogen (secondary N) is 2. The molecule has 0 aromatic heterocycles. The maximum atomic E-state index is 12.6. The number of rotatable bonds is 8. The third-order valence-corrected chi connectivity index (χ3v) is 6.11. The average molecular weight is 473 g/mol. The maximum Gasteiger partial charge on any atom is 0.261 e. The zero-order valence-corrected chi connectivity index (χ0v) is 18.9. The topological polar surface area (TPSA) is 93.7 Å². The van der Waals surface area contributed by atoms with Gasteiger partial charge < -0.3 is 14.8 Å². The normalized spacial score (nSPS) is 11.2. The molecule has 32 heavy (non-hydrogen) atoms. The summed E-state index contributed by atoms with van der Waals surface area (Å²) in [6.07, 6.45) is 2.91. The van der Waals surface area contributed by atoms with Crippen molar-refractivity contribution in [2.24, 2.45) is 0 Å². The van der Waals surface area contributed by atoms with Gasteiger partial charge in [0.2, 0.25) is 5.91 Å². The predicted octanol–water partition coefficient (Wildman–Crippen LogP) is 4.81. The van der Waals surface area contributed by atoms with Crippen molar-refractivity contribution in [2.45, 2.75) is 4.90 Å². The molecule has 0 spiro atoms. The summed E-state index contributed by atoms with van der Waals surface area (Å²) in [7, 11) is -0.770. The number of amides is 1. The summed E-state index contributed by atoms with van der Waals surface area (Å²) in [5.74, 6) is 0.689. The molecule has 3 aromatic carbocycles. The lowest BCUT2D eigenvalue weighted by Gasteiger charge is -2.10. The van der Waals surface area contributed by atoms with Gasteiger partial charge in [-0.1, -0.05) is 35.9 Å². The SMILES string of the molecule is COc1ccc(OC)c(NC(=O)/C=C/c2ccc(S(=O)(=O)Nc3ccccc3Cl)cc2)c1. The Morgan fingerprint density at radius 2 is 1.66 bits per heavy atom. The van der Waals surface area contributed by atoms with Crippen LogP contribution in [0.15, 0.2) is 77.7 Å². The van der Waals surface area contributed by atoms with Crippen LogP contribution >= 0.6 is 11.6 Å². The third-order valence-electron chi connectivity index (χ3n) is 4.40. The Morgan fingerprint density at radius 1 is 0.938 bits per heavy atom. The molecule has 9 heteroatoms. The molecule has 0 aliphatic carbocycles. The highest BCUT2D eigenvalue weighted by molar-refractivity contribution is 7.92. The summed E-state index contributed by atoms with van der Waals surface area (Å²) in [4.78, 5) is 12.4. The van der Waals surface area contributed by atoms with Gasteiger partial charge in [-0.2, -0.15) is 0 Å². The van der Waals surface area contributed by atoms with E-state index in [0.29, 0.717) is 33.5 Å². The van der Waals surface area contributed by atoms with E-state index in [9.17, 15) is 13.2 Å². The molecule has 0 saturated carbocycles. The first-order chi connectivity index (χ1) is 15.3. The Morgan fingerprint density at radius 3 is 2.31 bits per heavy atom. The number of carbonyl (C=O) groups is 1. The molecule has 0 fully saturated rings. The summed E-state index contributed by atoms with van der Waals surface area (Å²) in [6.45, 7) is 0. The minimum absolute atomic E-state index is 0.0696. The van der Waals surface area contributed by atoms with E-state index in [0.717, 1.165) is 0 Å². The molecular formula is C23H21ClN2O5S. The molecule has 7 nitrogen and oxygen atoms in total. The lowest BCUT2D eigenvalue weighted by atomic mass is 10.2. The first-order valence-electron chi connectivity index (χ1n) is 9.41. The number of halogens is 1. The number of hydrogen-bond donors (Lipinski definition) is 2. The summed E-state index contributed by atoms with van der Waals surface area (Å²) in [5, 5.41) is 3.03. The maximum absolute atomic E-state index is 12.6. The van der Waals surface area contributed by atoms with E-state index in [1.807, 2.05) is 0 Å². The zero-order chi connectivity index (χ0) is 23.1. The van der Waals surface area contributed by atoms with Gasteiger partial charge >= 0.3 is 0 Å². The van der Waals surface area contributed by atoms with Gasteiger partial charge in [0.1, 0.15) is 11.5 Å². The number of anilines is 2. The fraction of sp³-hybridized carbons (Fsp3) is 0.0870. The van der Waals surface area contributed by atoms with Crippen LogP contribution in [-0.4, -0.2) is 28.5 Å². The van der Waals surface area contributed by atoms with E-state index in [2.05, 4.69) is 10.0 Å². The molecule has 2 N–H and O–H groups in total. The molecular weight excluding hydrogens is 452 g/mol. The van der Waals surface area contributed by atoms with Crippen LogP contribution < -0.4 is 19.5 Å². The van der Waals surface area contributed by atoms with Gasteiger partial charge in [0.15, 0.2) is 0 Å². The molecule has 3 aromatic rings. The van der Waals surface area contributed by atoms with Crippen molar-refractivity contribution in [1.29, 1.82) is 0 Å². The minimum Gasteiger partial charge on any atom is -0.497 e. The largest absolute Gasteiger partial charge is 0.497 e. The standard InChI is InChI=1S/C23H21ClN2O5S/c1-30-17-10-13-22(31-2)21(15-17)25-23(27)14-9-16-7-11-18(12-8-16)32(28,29)26-20-6-4-3-5-19(20)24/h3-15,26H,1-2H3,(H,25,27)/b14-9+. The summed E-state index contributed by atoms with van der Waals surface area (Å²) >= 11 is 6.02. The third kappa shape index (κ3) is 5.81. The van der Waals surface area contributed by atoms with Crippen LogP contribution in [0.2, 0.25) is 5.02 Å². The second-order valence-corrected chi connectivity index (χ2v) is 8.63. The van der Waals surface area contributed by atoms with Crippen molar-refractivity contribution in [3.8, 4) is 11.5 Å². The summed E-state index contributed by atoms with van der Waals surface area (Å²) in [5.41, 5.74) is 1.41. The van der Waals surface area contributed by atoms with Crippen LogP contribution in [-0.2, 0) is 14.8 Å². The summed E-state index contributed by atoms with van der Waals surface area (Å²) in [6, 6.07) is 17.7. The smallest absolute Gasteiger partial charge is 0.261 e. The molecule has 0 bridgehead atoms. The molecule has 0 atom stereocenters. The van der Waals surface area contributed by atoms with Gasteiger partial charge in [-0.3, -0.25) is 9.52 Å². The Balaban J connectivity index is 1.69. The molecule has 0 heterocycles. The average Bonchev–Trinajstić information content (AvgIpc) is 2.79. The lowest BCUT2D eigenvalue weighted by Crippen LogP contribution is -2.13. The Labute approximate surface area is 191 Å². The van der Waals surface area contributed by atoms with Crippen molar-refractivity contribution >= 4 is 45.0 Å². The summed E-state index contributed by atoms with van der Waals surface area (Å²) < 4.78 is 38.0. The molecule has 0 aliphatic rings. The fourth-order valence-corrected chi connectivity index (χ4v) is 4.08. The van der Waals surface area contributed by atoms with Crippen LogP contribution in [0.3, 0.4) is 0 Å². The van der Waals surface area contributed by atoms with Gasteiger partial charge in [0, 0.05) is 12.1 Å². The van der Waals surface area contributed by atoms with E-state index in [4.69, 9.17) is 21.1 Å². The van der Waals surface area contributed by atoms with E-state index in [1.54, 1.807) is 60.7 Å². The quantitative estimate of drug-likeness (QED) is 0.459. The van der Waals surface area contributed by atoms with E-state index in [1.165, 1.54) is 32.4 Å². The molecule has 1 amide bonds.